The molecule has 168 valence electrons. The molecular formula is C28H32FNO2. The Balaban J connectivity index is 1.59. The Morgan fingerprint density at radius 2 is 2.03 bits per heavy atom. The van der Waals surface area contributed by atoms with E-state index in [-0.39, 0.29) is 22.9 Å². The predicted octanol–water partition coefficient (Wildman–Crippen LogP) is 5.52. The van der Waals surface area contributed by atoms with Gasteiger partial charge in [0.25, 0.3) is 0 Å². The molecule has 0 aromatic heterocycles. The lowest BCUT2D eigenvalue weighted by atomic mass is 9.54. The van der Waals surface area contributed by atoms with Crippen molar-refractivity contribution in [2.75, 3.05) is 12.4 Å². The minimum atomic E-state index is -0.910. The van der Waals surface area contributed by atoms with E-state index in [1.165, 1.54) is 11.1 Å². The Morgan fingerprint density at radius 3 is 2.75 bits per heavy atom. The van der Waals surface area contributed by atoms with Crippen LogP contribution in [0.25, 0.3) is 0 Å². The van der Waals surface area contributed by atoms with Gasteiger partial charge in [0.2, 0.25) is 0 Å². The number of fused-ring (bicyclic) bond motifs is 4. The van der Waals surface area contributed by atoms with E-state index in [4.69, 9.17) is 0 Å². The number of aliphatic hydroxyl groups is 1. The number of nitrogens with one attached hydrogen (secondary N) is 1. The van der Waals surface area contributed by atoms with Crippen LogP contribution in [0, 0.1) is 34.9 Å². The number of halogens is 1. The fourth-order valence-corrected chi connectivity index (χ4v) is 7.30. The van der Waals surface area contributed by atoms with E-state index in [1.807, 2.05) is 19.1 Å². The Morgan fingerprint density at radius 1 is 1.22 bits per heavy atom. The maximum Gasteiger partial charge on any atom is 0.156 e. The number of carbonyl (C=O) groups excluding carboxylic acids is 1. The van der Waals surface area contributed by atoms with Gasteiger partial charge in [0.05, 0.1) is 5.69 Å². The topological polar surface area (TPSA) is 49.3 Å². The molecule has 2 fully saturated rings. The summed E-state index contributed by atoms with van der Waals surface area (Å²) in [5, 5.41) is 14.3. The van der Waals surface area contributed by atoms with Crippen LogP contribution in [-0.4, -0.2) is 23.5 Å². The van der Waals surface area contributed by atoms with Gasteiger partial charge < -0.3 is 10.4 Å². The predicted molar refractivity (Wildman–Crippen MR) is 125 cm³/mol. The molecule has 0 heterocycles. The van der Waals surface area contributed by atoms with E-state index >= 15 is 0 Å². The van der Waals surface area contributed by atoms with Crippen LogP contribution in [0.4, 0.5) is 10.1 Å². The van der Waals surface area contributed by atoms with Crippen molar-refractivity contribution >= 4 is 11.5 Å². The van der Waals surface area contributed by atoms with Crippen molar-refractivity contribution in [3.05, 3.63) is 52.4 Å². The number of hydrogen-bond donors (Lipinski definition) is 2. The zero-order valence-corrected chi connectivity index (χ0v) is 19.2. The fourth-order valence-electron chi connectivity index (χ4n) is 7.30. The number of allylic oxidation sites excluding steroid dienone is 4. The molecule has 0 saturated heterocycles. The average Bonchev–Trinajstić information content (AvgIpc) is 3.03. The molecule has 0 spiro atoms. The Kier molecular flexibility index (Phi) is 5.09. The number of hydrogen-bond acceptors (Lipinski definition) is 3. The largest absolute Gasteiger partial charge is 0.386 e. The van der Waals surface area contributed by atoms with E-state index in [2.05, 4.69) is 24.1 Å². The standard InChI is InChI=1S/C28H32FNO2/c1-4-11-28(32)13-10-23-20-7-5-18-14-19(31)16-22(17-6-8-25(30-3)24(29)15-17)26(18)21(20)9-12-27(23,28)2/h6,8,14-15,20,22-23,30,32H,5,7,9-10,12-13,16H2,1-3H3/t20-,22?,23+,27+,28?/m1/s1. The van der Waals surface area contributed by atoms with Crippen molar-refractivity contribution in [2.24, 2.45) is 17.3 Å². The molecule has 0 amide bonds. The highest BCUT2D eigenvalue weighted by Gasteiger charge is 2.60. The van der Waals surface area contributed by atoms with Gasteiger partial charge in [-0.15, -0.1) is 5.92 Å². The number of rotatable bonds is 2. The van der Waals surface area contributed by atoms with Crippen molar-refractivity contribution in [1.29, 1.82) is 0 Å². The van der Waals surface area contributed by atoms with E-state index < -0.39 is 5.60 Å². The normalized spacial score (nSPS) is 35.8. The summed E-state index contributed by atoms with van der Waals surface area (Å²) in [6.45, 7) is 4.04. The second-order valence-corrected chi connectivity index (χ2v) is 10.3. The monoisotopic (exact) mass is 433 g/mol. The first-order valence-corrected chi connectivity index (χ1v) is 11.9. The second-order valence-electron chi connectivity index (χ2n) is 10.3. The van der Waals surface area contributed by atoms with Crippen molar-refractivity contribution in [3.63, 3.8) is 0 Å². The lowest BCUT2D eigenvalue weighted by Crippen LogP contribution is -2.49. The highest BCUT2D eigenvalue weighted by molar-refractivity contribution is 5.94. The molecule has 0 radical (unpaired) electrons. The maximum atomic E-state index is 14.6. The van der Waals surface area contributed by atoms with E-state index in [0.29, 0.717) is 23.9 Å². The van der Waals surface area contributed by atoms with Crippen LogP contribution in [0.3, 0.4) is 0 Å². The molecule has 5 atom stereocenters. The molecule has 3 nitrogen and oxygen atoms in total. The second kappa shape index (κ2) is 7.59. The molecule has 1 aromatic carbocycles. The number of ketones is 1. The van der Waals surface area contributed by atoms with Crippen molar-refractivity contribution in [1.82, 2.24) is 0 Å². The number of carbonyl (C=O) groups is 1. The summed E-state index contributed by atoms with van der Waals surface area (Å²) < 4.78 is 14.6. The summed E-state index contributed by atoms with van der Waals surface area (Å²) in [6.07, 6.45) is 7.68. The third-order valence-electron chi connectivity index (χ3n) is 8.93. The molecule has 4 heteroatoms. The van der Waals surface area contributed by atoms with Crippen molar-refractivity contribution < 1.29 is 14.3 Å². The van der Waals surface area contributed by atoms with Gasteiger partial charge in [0.15, 0.2) is 5.78 Å². The summed E-state index contributed by atoms with van der Waals surface area (Å²) in [4.78, 5) is 12.6. The molecule has 4 aliphatic carbocycles. The minimum Gasteiger partial charge on any atom is -0.386 e. The molecule has 2 unspecified atom stereocenters. The number of benzene rings is 1. The van der Waals surface area contributed by atoms with Crippen LogP contribution in [0.5, 0.6) is 0 Å². The van der Waals surface area contributed by atoms with Crippen LogP contribution in [-0.2, 0) is 4.79 Å². The van der Waals surface area contributed by atoms with Crippen LogP contribution in [0.1, 0.15) is 70.3 Å². The summed E-state index contributed by atoms with van der Waals surface area (Å²) in [5.74, 6) is 6.71. The zero-order valence-electron chi connectivity index (χ0n) is 19.2. The molecule has 0 bridgehead atoms. The lowest BCUT2D eigenvalue weighted by molar-refractivity contribution is -0.115. The highest BCUT2D eigenvalue weighted by Crippen LogP contribution is 2.64. The van der Waals surface area contributed by atoms with E-state index in [9.17, 15) is 14.3 Å². The first kappa shape index (κ1) is 21.5. The quantitative estimate of drug-likeness (QED) is 0.604. The molecule has 32 heavy (non-hydrogen) atoms. The van der Waals surface area contributed by atoms with Crippen LogP contribution in [0.2, 0.25) is 0 Å². The molecule has 1 aromatic rings. The zero-order chi connectivity index (χ0) is 22.7. The smallest absolute Gasteiger partial charge is 0.156 e. The van der Waals surface area contributed by atoms with Crippen molar-refractivity contribution in [3.8, 4) is 11.8 Å². The third kappa shape index (κ3) is 3.01. The molecule has 4 aliphatic rings. The lowest BCUT2D eigenvalue weighted by Gasteiger charge is -2.51. The van der Waals surface area contributed by atoms with Gasteiger partial charge in [-0.25, -0.2) is 4.39 Å². The average molecular weight is 434 g/mol. The van der Waals surface area contributed by atoms with Gasteiger partial charge in [-0.2, -0.15) is 0 Å². The minimum absolute atomic E-state index is 0.0826. The van der Waals surface area contributed by atoms with Gasteiger partial charge in [-0.3, -0.25) is 4.79 Å². The molecule has 5 rings (SSSR count). The van der Waals surface area contributed by atoms with Crippen LogP contribution in [0.15, 0.2) is 41.0 Å². The Bertz CT molecular complexity index is 1110. The first-order valence-electron chi connectivity index (χ1n) is 11.9. The summed E-state index contributed by atoms with van der Waals surface area (Å²) in [7, 11) is 1.71. The van der Waals surface area contributed by atoms with Gasteiger partial charge >= 0.3 is 0 Å². The van der Waals surface area contributed by atoms with Crippen molar-refractivity contribution in [2.45, 2.75) is 70.3 Å². The molecule has 2 N–H and O–H groups in total. The summed E-state index contributed by atoms with van der Waals surface area (Å²) in [5.41, 5.74) is 4.14. The molecule has 2 saturated carbocycles. The van der Waals surface area contributed by atoms with Gasteiger partial charge in [-0.05, 0) is 92.2 Å². The highest BCUT2D eigenvalue weighted by atomic mass is 19.1. The van der Waals surface area contributed by atoms with Crippen LogP contribution < -0.4 is 5.32 Å². The Labute approximate surface area is 190 Å². The SMILES string of the molecule is CC#CC1(O)CC[C@H]2[C@@H]3CCC4=CC(=O)CC(c5ccc(NC)c(F)c5)C4=C3CC[C@@]21C. The summed E-state index contributed by atoms with van der Waals surface area (Å²) >= 11 is 0. The number of anilines is 1. The fraction of sp³-hybridized carbons (Fsp3) is 0.536. The Hall–Kier alpha value is -2.38. The molecule has 0 aliphatic heterocycles. The van der Waals surface area contributed by atoms with Crippen LogP contribution >= 0.6 is 0 Å². The first-order chi connectivity index (χ1) is 15.3. The van der Waals surface area contributed by atoms with Gasteiger partial charge in [0, 0.05) is 24.8 Å². The van der Waals surface area contributed by atoms with Gasteiger partial charge in [-0.1, -0.05) is 24.5 Å². The van der Waals surface area contributed by atoms with Gasteiger partial charge in [0.1, 0.15) is 11.4 Å². The summed E-state index contributed by atoms with van der Waals surface area (Å²) in [6, 6.07) is 5.34. The third-order valence-corrected chi connectivity index (χ3v) is 8.93. The maximum absolute atomic E-state index is 14.6. The van der Waals surface area contributed by atoms with E-state index in [0.717, 1.165) is 49.7 Å². The van der Waals surface area contributed by atoms with E-state index in [1.54, 1.807) is 19.2 Å². The molecular weight excluding hydrogens is 401 g/mol.